The van der Waals surface area contributed by atoms with Crippen LogP contribution in [-0.2, 0) is 0 Å². The summed E-state index contributed by atoms with van der Waals surface area (Å²) in [5, 5.41) is 5.18. The number of anilines is 1. The molecule has 3 heteroatoms. The van der Waals surface area contributed by atoms with E-state index in [2.05, 4.69) is 49.5 Å². The van der Waals surface area contributed by atoms with Gasteiger partial charge < -0.3 is 5.32 Å². The van der Waals surface area contributed by atoms with Crippen LogP contribution in [0.25, 0.3) is 0 Å². The third-order valence-electron chi connectivity index (χ3n) is 3.81. The Hall–Kier alpha value is -2.00. The number of rotatable bonds is 4. The van der Waals surface area contributed by atoms with Crippen LogP contribution in [0.1, 0.15) is 20.3 Å². The highest BCUT2D eigenvalue weighted by atomic mass is 32.2. The molecule has 1 N–H and O–H groups in total. The highest BCUT2D eigenvalue weighted by molar-refractivity contribution is 8.15. The molecule has 0 saturated carbocycles. The molecule has 0 radical (unpaired) electrons. The third-order valence-corrected chi connectivity index (χ3v) is 5.27. The Morgan fingerprint density at radius 3 is 2.30 bits per heavy atom. The van der Waals surface area contributed by atoms with E-state index in [0.29, 0.717) is 11.2 Å². The van der Waals surface area contributed by atoms with Crippen LogP contribution in [0.5, 0.6) is 0 Å². The summed E-state index contributed by atoms with van der Waals surface area (Å²) in [7, 11) is 0. The molecule has 1 aliphatic heterocycles. The summed E-state index contributed by atoms with van der Waals surface area (Å²) >= 11 is 1.88. The van der Waals surface area contributed by atoms with Gasteiger partial charge in [-0.3, -0.25) is 0 Å². The van der Waals surface area contributed by atoms with E-state index < -0.39 is 0 Å². The zero-order valence-corrected chi connectivity index (χ0v) is 14.4. The molecule has 0 amide bonds. The van der Waals surface area contributed by atoms with Crippen molar-refractivity contribution in [2.45, 2.75) is 25.5 Å². The van der Waals surface area contributed by atoms with Crippen LogP contribution in [0.4, 0.5) is 11.4 Å². The molecule has 2 aromatic rings. The summed E-state index contributed by atoms with van der Waals surface area (Å²) < 4.78 is 0. The number of hydrogen-bond acceptors (Lipinski definition) is 3. The third kappa shape index (κ3) is 4.49. The van der Waals surface area contributed by atoms with Crippen LogP contribution < -0.4 is 5.32 Å². The van der Waals surface area contributed by atoms with E-state index in [0.717, 1.165) is 22.8 Å². The van der Waals surface area contributed by atoms with E-state index in [4.69, 9.17) is 4.99 Å². The van der Waals surface area contributed by atoms with Crippen LogP contribution in [0, 0.1) is 5.92 Å². The van der Waals surface area contributed by atoms with E-state index in [9.17, 15) is 0 Å². The largest absolute Gasteiger partial charge is 0.359 e. The molecule has 0 fully saturated rings. The quantitative estimate of drug-likeness (QED) is 0.760. The maximum absolute atomic E-state index is 4.81. The van der Waals surface area contributed by atoms with Gasteiger partial charge in [-0.25, -0.2) is 4.99 Å². The number of benzene rings is 2. The number of nitrogens with zero attached hydrogens (tertiary/aromatic N) is 1. The predicted molar refractivity (Wildman–Crippen MR) is 103 cm³/mol. The van der Waals surface area contributed by atoms with Gasteiger partial charge in [0, 0.05) is 23.1 Å². The highest BCUT2D eigenvalue weighted by Crippen LogP contribution is 2.34. The van der Waals surface area contributed by atoms with Crippen LogP contribution in [0.15, 0.2) is 77.4 Å². The average molecular weight is 322 g/mol. The van der Waals surface area contributed by atoms with Crippen molar-refractivity contribution >= 4 is 28.2 Å². The number of para-hydroxylation sites is 2. The minimum atomic E-state index is 0.550. The molecular weight excluding hydrogens is 300 g/mol. The number of hydrogen-bond donors (Lipinski definition) is 1. The van der Waals surface area contributed by atoms with Crippen molar-refractivity contribution in [2.24, 2.45) is 10.9 Å². The summed E-state index contributed by atoms with van der Waals surface area (Å²) in [6.45, 7) is 4.56. The van der Waals surface area contributed by atoms with Crippen molar-refractivity contribution in [3.05, 3.63) is 72.4 Å². The summed E-state index contributed by atoms with van der Waals surface area (Å²) in [4.78, 5) is 4.81. The lowest BCUT2D eigenvalue weighted by Gasteiger charge is -2.27. The fourth-order valence-corrected chi connectivity index (χ4v) is 3.72. The Labute approximate surface area is 142 Å². The minimum absolute atomic E-state index is 0.550. The van der Waals surface area contributed by atoms with Crippen molar-refractivity contribution in [2.75, 3.05) is 5.32 Å². The molecule has 3 rings (SSSR count). The Morgan fingerprint density at radius 1 is 1.00 bits per heavy atom. The van der Waals surface area contributed by atoms with Gasteiger partial charge in [-0.1, -0.05) is 50.2 Å². The Bertz CT molecular complexity index is 690. The van der Waals surface area contributed by atoms with Gasteiger partial charge in [0.25, 0.3) is 0 Å². The molecule has 1 unspecified atom stereocenters. The molecule has 1 heterocycles. The number of nitrogens with one attached hydrogen (secondary N) is 1. The smallest absolute Gasteiger partial charge is 0.0987 e. The van der Waals surface area contributed by atoms with Gasteiger partial charge in [-0.15, -0.1) is 11.8 Å². The monoisotopic (exact) mass is 322 g/mol. The molecule has 2 aromatic carbocycles. The van der Waals surface area contributed by atoms with Crippen molar-refractivity contribution in [3.63, 3.8) is 0 Å². The summed E-state index contributed by atoms with van der Waals surface area (Å²) in [5.41, 5.74) is 3.38. The fourth-order valence-electron chi connectivity index (χ4n) is 2.51. The second-order valence-electron chi connectivity index (χ2n) is 6.05. The van der Waals surface area contributed by atoms with E-state index in [1.165, 1.54) is 5.70 Å². The van der Waals surface area contributed by atoms with Crippen molar-refractivity contribution in [1.29, 1.82) is 0 Å². The standard InChI is InChI=1S/C20H22N2S/c1-15(2)19-13-18(21-16-9-5-3-6-10-16)14-20(23-19)22-17-11-7-4-8-12-17/h3-12,14-15,19,21H,13H2,1-2H3. The van der Waals surface area contributed by atoms with E-state index in [1.807, 2.05) is 48.2 Å². The van der Waals surface area contributed by atoms with Crippen LogP contribution in [0.2, 0.25) is 0 Å². The number of allylic oxidation sites excluding steroid dienone is 1. The van der Waals surface area contributed by atoms with Gasteiger partial charge in [0.15, 0.2) is 0 Å². The molecule has 0 aliphatic carbocycles. The van der Waals surface area contributed by atoms with Crippen molar-refractivity contribution < 1.29 is 0 Å². The van der Waals surface area contributed by atoms with Crippen LogP contribution in [-0.4, -0.2) is 10.3 Å². The van der Waals surface area contributed by atoms with Gasteiger partial charge in [-0.2, -0.15) is 0 Å². The molecule has 0 spiro atoms. The first-order chi connectivity index (χ1) is 11.2. The Morgan fingerprint density at radius 2 is 1.65 bits per heavy atom. The predicted octanol–water partition coefficient (Wildman–Crippen LogP) is 5.87. The van der Waals surface area contributed by atoms with Gasteiger partial charge in [-0.05, 0) is 36.3 Å². The van der Waals surface area contributed by atoms with Crippen LogP contribution >= 0.6 is 11.8 Å². The molecule has 23 heavy (non-hydrogen) atoms. The molecule has 0 saturated heterocycles. The van der Waals surface area contributed by atoms with Gasteiger partial charge >= 0.3 is 0 Å². The number of thioether (sulfide) groups is 1. The zero-order valence-electron chi connectivity index (χ0n) is 13.6. The van der Waals surface area contributed by atoms with E-state index in [1.54, 1.807) is 0 Å². The highest BCUT2D eigenvalue weighted by Gasteiger charge is 2.23. The normalized spacial score (nSPS) is 19.7. The molecule has 0 bridgehead atoms. The summed E-state index contributed by atoms with van der Waals surface area (Å²) in [6, 6.07) is 20.5. The fraction of sp³-hybridized carbons (Fsp3) is 0.250. The molecule has 1 aliphatic rings. The molecule has 0 aromatic heterocycles. The maximum atomic E-state index is 4.81. The molecule has 118 valence electrons. The van der Waals surface area contributed by atoms with Crippen LogP contribution in [0.3, 0.4) is 0 Å². The van der Waals surface area contributed by atoms with Gasteiger partial charge in [0.1, 0.15) is 0 Å². The lowest BCUT2D eigenvalue weighted by Crippen LogP contribution is -2.21. The second-order valence-corrected chi connectivity index (χ2v) is 7.31. The lowest BCUT2D eigenvalue weighted by atomic mass is 10.0. The SMILES string of the molecule is CC(C)C1CC(Nc2ccccc2)=CC(=Nc2ccccc2)S1. The Balaban J connectivity index is 1.86. The zero-order chi connectivity index (χ0) is 16.1. The topological polar surface area (TPSA) is 24.4 Å². The van der Waals surface area contributed by atoms with E-state index in [-0.39, 0.29) is 0 Å². The first-order valence-corrected chi connectivity index (χ1v) is 8.92. The minimum Gasteiger partial charge on any atom is -0.359 e. The second kappa shape index (κ2) is 7.51. The van der Waals surface area contributed by atoms with Crippen molar-refractivity contribution in [3.8, 4) is 0 Å². The number of aliphatic imine (C=N–C) groups is 1. The van der Waals surface area contributed by atoms with Gasteiger partial charge in [0.2, 0.25) is 0 Å². The lowest BCUT2D eigenvalue weighted by molar-refractivity contribution is 0.604. The van der Waals surface area contributed by atoms with Crippen molar-refractivity contribution in [1.82, 2.24) is 0 Å². The summed E-state index contributed by atoms with van der Waals surface area (Å²) in [5.74, 6) is 0.613. The average Bonchev–Trinajstić information content (AvgIpc) is 2.56. The molecular formula is C20H22N2S. The van der Waals surface area contributed by atoms with E-state index >= 15 is 0 Å². The summed E-state index contributed by atoms with van der Waals surface area (Å²) in [6.07, 6.45) is 3.23. The first-order valence-electron chi connectivity index (χ1n) is 8.04. The molecule has 2 nitrogen and oxygen atoms in total. The Kier molecular flexibility index (Phi) is 5.19. The maximum Gasteiger partial charge on any atom is 0.0987 e. The van der Waals surface area contributed by atoms with Gasteiger partial charge in [0.05, 0.1) is 10.7 Å². The molecule has 1 atom stereocenters. The first kappa shape index (κ1) is 15.9.